The molecule has 0 unspecified atom stereocenters. The number of nitrogens with one attached hydrogen (secondary N) is 3. The predicted molar refractivity (Wildman–Crippen MR) is 79.1 cm³/mol. The molecule has 2 heterocycles. The Balaban J connectivity index is 1.98. The van der Waals surface area contributed by atoms with Crippen LogP contribution >= 0.6 is 0 Å². The molecule has 0 bridgehead atoms. The number of anilines is 2. The summed E-state index contributed by atoms with van der Waals surface area (Å²) in [6.45, 7) is 2.34. The van der Waals surface area contributed by atoms with Crippen LogP contribution in [0.25, 0.3) is 0 Å². The molecule has 0 spiro atoms. The van der Waals surface area contributed by atoms with Crippen LogP contribution < -0.4 is 16.0 Å². The van der Waals surface area contributed by atoms with Crippen molar-refractivity contribution in [3.8, 4) is 0 Å². The van der Waals surface area contributed by atoms with Gasteiger partial charge in [-0.1, -0.05) is 0 Å². The molecular formula is C14H15N5O2. The van der Waals surface area contributed by atoms with Gasteiger partial charge in [0.05, 0.1) is 17.4 Å². The van der Waals surface area contributed by atoms with E-state index < -0.39 is 0 Å². The molecule has 21 heavy (non-hydrogen) atoms. The van der Waals surface area contributed by atoms with Gasteiger partial charge < -0.3 is 10.6 Å². The second-order valence-corrected chi connectivity index (χ2v) is 4.11. The summed E-state index contributed by atoms with van der Waals surface area (Å²) >= 11 is 0. The molecule has 7 nitrogen and oxygen atoms in total. The average molecular weight is 285 g/mol. The first-order valence-electron chi connectivity index (χ1n) is 6.41. The van der Waals surface area contributed by atoms with Crippen molar-refractivity contribution in [1.29, 1.82) is 0 Å². The van der Waals surface area contributed by atoms with Crippen LogP contribution in [0.3, 0.4) is 0 Å². The highest BCUT2D eigenvalue weighted by atomic mass is 16.2. The monoisotopic (exact) mass is 285 g/mol. The minimum absolute atomic E-state index is 0.292. The Labute approximate surface area is 121 Å². The van der Waals surface area contributed by atoms with E-state index in [2.05, 4.69) is 25.9 Å². The molecule has 0 atom stereocenters. The van der Waals surface area contributed by atoms with Gasteiger partial charge in [-0.05, 0) is 31.2 Å². The maximum Gasteiger partial charge on any atom is 0.320 e. The van der Waals surface area contributed by atoms with Crippen LogP contribution in [-0.4, -0.2) is 28.5 Å². The summed E-state index contributed by atoms with van der Waals surface area (Å²) in [5.74, 6) is 0.0823. The Morgan fingerprint density at radius 3 is 2.62 bits per heavy atom. The minimum atomic E-state index is -0.336. The van der Waals surface area contributed by atoms with E-state index in [0.29, 0.717) is 23.6 Å². The number of carbonyl (C=O) groups is 2. The highest BCUT2D eigenvalue weighted by molar-refractivity contribution is 6.04. The van der Waals surface area contributed by atoms with Gasteiger partial charge >= 0.3 is 6.03 Å². The molecule has 2 rings (SSSR count). The molecule has 3 N–H and O–H groups in total. The molecule has 0 aliphatic rings. The topological polar surface area (TPSA) is 96.0 Å². The second kappa shape index (κ2) is 6.99. The van der Waals surface area contributed by atoms with Gasteiger partial charge in [-0.2, -0.15) is 0 Å². The maximum atomic E-state index is 12.0. The van der Waals surface area contributed by atoms with Gasteiger partial charge in [0.2, 0.25) is 0 Å². The third kappa shape index (κ3) is 4.27. The van der Waals surface area contributed by atoms with E-state index in [0.717, 1.165) is 0 Å². The number of nitrogens with zero attached hydrogens (tertiary/aromatic N) is 2. The van der Waals surface area contributed by atoms with E-state index in [1.54, 1.807) is 36.7 Å². The van der Waals surface area contributed by atoms with Gasteiger partial charge in [-0.3, -0.25) is 15.1 Å². The van der Waals surface area contributed by atoms with Crippen LogP contribution in [0.5, 0.6) is 0 Å². The van der Waals surface area contributed by atoms with Gasteiger partial charge in [-0.25, -0.2) is 9.78 Å². The lowest BCUT2D eigenvalue weighted by atomic mass is 10.2. The number of hydrogen-bond acceptors (Lipinski definition) is 4. The van der Waals surface area contributed by atoms with Crippen molar-refractivity contribution in [1.82, 2.24) is 15.3 Å². The molecule has 3 amide bonds. The first-order valence-corrected chi connectivity index (χ1v) is 6.41. The van der Waals surface area contributed by atoms with E-state index in [1.807, 2.05) is 6.92 Å². The molecule has 0 saturated carbocycles. The molecule has 0 aliphatic carbocycles. The summed E-state index contributed by atoms with van der Waals surface area (Å²) in [6.07, 6.45) is 4.57. The summed E-state index contributed by atoms with van der Waals surface area (Å²) < 4.78 is 0. The molecule has 0 fully saturated rings. The van der Waals surface area contributed by atoms with Crippen molar-refractivity contribution in [3.63, 3.8) is 0 Å². The van der Waals surface area contributed by atoms with Crippen LogP contribution in [-0.2, 0) is 0 Å². The summed E-state index contributed by atoms with van der Waals surface area (Å²) in [7, 11) is 0. The Kier molecular flexibility index (Phi) is 4.81. The highest BCUT2D eigenvalue weighted by Crippen LogP contribution is 2.09. The lowest BCUT2D eigenvalue weighted by Crippen LogP contribution is -2.28. The SMILES string of the molecule is CCNC(=O)Nc1ccc(C(=O)Nc2cccnc2)cn1. The van der Waals surface area contributed by atoms with Crippen LogP contribution in [0.1, 0.15) is 17.3 Å². The molecule has 108 valence electrons. The largest absolute Gasteiger partial charge is 0.338 e. The fourth-order valence-electron chi connectivity index (χ4n) is 1.56. The lowest BCUT2D eigenvalue weighted by molar-refractivity contribution is 0.102. The van der Waals surface area contributed by atoms with Gasteiger partial charge in [0.1, 0.15) is 5.82 Å². The van der Waals surface area contributed by atoms with Crippen molar-refractivity contribution in [2.45, 2.75) is 6.92 Å². The first kappa shape index (κ1) is 14.4. The van der Waals surface area contributed by atoms with Crippen molar-refractivity contribution in [3.05, 3.63) is 48.4 Å². The molecule has 0 saturated heterocycles. The highest BCUT2D eigenvalue weighted by Gasteiger charge is 2.07. The molecule has 2 aromatic heterocycles. The first-order chi connectivity index (χ1) is 10.2. The van der Waals surface area contributed by atoms with Crippen molar-refractivity contribution in [2.24, 2.45) is 0 Å². The molecule has 0 aromatic carbocycles. The molecule has 0 radical (unpaired) electrons. The number of hydrogen-bond donors (Lipinski definition) is 3. The Morgan fingerprint density at radius 2 is 2.00 bits per heavy atom. The number of amides is 3. The van der Waals surface area contributed by atoms with E-state index in [1.165, 1.54) is 6.20 Å². The standard InChI is InChI=1S/C14H15N5O2/c1-2-16-14(21)19-12-6-5-10(8-17-12)13(20)18-11-4-3-7-15-9-11/h3-9H,2H2,1H3,(H,18,20)(H2,16,17,19,21). The zero-order valence-electron chi connectivity index (χ0n) is 11.5. The third-order valence-corrected chi connectivity index (χ3v) is 2.52. The van der Waals surface area contributed by atoms with Crippen molar-refractivity contribution < 1.29 is 9.59 Å². The van der Waals surface area contributed by atoms with Crippen molar-refractivity contribution in [2.75, 3.05) is 17.2 Å². The summed E-state index contributed by atoms with van der Waals surface area (Å²) in [4.78, 5) is 31.2. The molecule has 2 aromatic rings. The fourth-order valence-corrected chi connectivity index (χ4v) is 1.56. The van der Waals surface area contributed by atoms with Gasteiger partial charge in [0, 0.05) is 18.9 Å². The van der Waals surface area contributed by atoms with Crippen LogP contribution in [0.2, 0.25) is 0 Å². The van der Waals surface area contributed by atoms with Gasteiger partial charge in [0.15, 0.2) is 0 Å². The van der Waals surface area contributed by atoms with E-state index in [-0.39, 0.29) is 11.9 Å². The Morgan fingerprint density at radius 1 is 1.14 bits per heavy atom. The summed E-state index contributed by atoms with van der Waals surface area (Å²) in [5, 5.41) is 7.84. The summed E-state index contributed by atoms with van der Waals surface area (Å²) in [6, 6.07) is 6.28. The smallest absolute Gasteiger partial charge is 0.320 e. The number of rotatable bonds is 4. The number of urea groups is 1. The zero-order chi connectivity index (χ0) is 15.1. The van der Waals surface area contributed by atoms with E-state index in [4.69, 9.17) is 0 Å². The minimum Gasteiger partial charge on any atom is -0.338 e. The van der Waals surface area contributed by atoms with Crippen LogP contribution in [0.15, 0.2) is 42.9 Å². The molecule has 7 heteroatoms. The lowest BCUT2D eigenvalue weighted by Gasteiger charge is -2.06. The van der Waals surface area contributed by atoms with Gasteiger partial charge in [0.25, 0.3) is 5.91 Å². The number of pyridine rings is 2. The number of aromatic nitrogens is 2. The maximum absolute atomic E-state index is 12.0. The Hall–Kier alpha value is -2.96. The molecular weight excluding hydrogens is 270 g/mol. The summed E-state index contributed by atoms with van der Waals surface area (Å²) in [5.41, 5.74) is 0.993. The van der Waals surface area contributed by atoms with E-state index in [9.17, 15) is 9.59 Å². The normalized spacial score (nSPS) is 9.76. The predicted octanol–water partition coefficient (Wildman–Crippen LogP) is 1.87. The zero-order valence-corrected chi connectivity index (χ0v) is 11.5. The van der Waals surface area contributed by atoms with Crippen molar-refractivity contribution >= 4 is 23.4 Å². The third-order valence-electron chi connectivity index (χ3n) is 2.52. The van der Waals surface area contributed by atoms with Crippen LogP contribution in [0, 0.1) is 0 Å². The quantitative estimate of drug-likeness (QED) is 0.799. The molecule has 0 aliphatic heterocycles. The van der Waals surface area contributed by atoms with E-state index >= 15 is 0 Å². The van der Waals surface area contributed by atoms with Crippen LogP contribution in [0.4, 0.5) is 16.3 Å². The average Bonchev–Trinajstić information content (AvgIpc) is 2.49. The number of carbonyl (C=O) groups excluding carboxylic acids is 2. The Bertz CT molecular complexity index is 613. The van der Waals surface area contributed by atoms with Gasteiger partial charge in [-0.15, -0.1) is 0 Å². The second-order valence-electron chi connectivity index (χ2n) is 4.11. The fraction of sp³-hybridized carbons (Fsp3) is 0.143.